The maximum Gasteiger partial charge on any atom is 0.307 e. The van der Waals surface area contributed by atoms with Gasteiger partial charge < -0.3 is 5.11 Å². The number of rotatable bonds is 1. The van der Waals surface area contributed by atoms with E-state index in [1.807, 2.05) is 0 Å². The van der Waals surface area contributed by atoms with Crippen LogP contribution in [-0.4, -0.2) is 11.1 Å². The van der Waals surface area contributed by atoms with Crippen molar-refractivity contribution in [1.82, 2.24) is 0 Å². The van der Waals surface area contributed by atoms with Crippen LogP contribution in [0.3, 0.4) is 0 Å². The number of aliphatic carboxylic acids is 1. The average molecular weight is 194 g/mol. The molecule has 0 aliphatic heterocycles. The summed E-state index contributed by atoms with van der Waals surface area (Å²) >= 11 is 0. The summed E-state index contributed by atoms with van der Waals surface area (Å²) in [5, 5.41) is 9.08. The summed E-state index contributed by atoms with van der Waals surface area (Å²) < 4.78 is 0. The fourth-order valence-electron chi connectivity index (χ4n) is 4.28. The van der Waals surface area contributed by atoms with Crippen molar-refractivity contribution >= 4 is 5.97 Å². The third kappa shape index (κ3) is 0.768. The van der Waals surface area contributed by atoms with Crippen molar-refractivity contribution in [3.8, 4) is 0 Å². The van der Waals surface area contributed by atoms with E-state index in [0.29, 0.717) is 11.3 Å². The van der Waals surface area contributed by atoms with Crippen molar-refractivity contribution in [2.45, 2.75) is 33.6 Å². The van der Waals surface area contributed by atoms with Gasteiger partial charge in [0, 0.05) is 0 Å². The van der Waals surface area contributed by atoms with Gasteiger partial charge in [0.1, 0.15) is 0 Å². The van der Waals surface area contributed by atoms with E-state index < -0.39 is 5.97 Å². The normalized spacial score (nSPS) is 57.1. The molecular formula is C12H18O2. The predicted octanol–water partition coefficient (Wildman–Crippen LogP) is 2.39. The molecule has 3 aliphatic rings. The Bertz CT molecular complexity index is 320. The molecule has 3 aliphatic carbocycles. The molecule has 1 unspecified atom stereocenters. The maximum atomic E-state index is 11.0. The quantitative estimate of drug-likeness (QED) is 0.696. The molecule has 2 heteroatoms. The Balaban J connectivity index is 1.81. The van der Waals surface area contributed by atoms with E-state index in [2.05, 4.69) is 20.8 Å². The minimum Gasteiger partial charge on any atom is -0.481 e. The number of hydrogen-bond donors (Lipinski definition) is 1. The molecule has 14 heavy (non-hydrogen) atoms. The molecule has 0 amide bonds. The van der Waals surface area contributed by atoms with Crippen molar-refractivity contribution in [1.29, 1.82) is 0 Å². The van der Waals surface area contributed by atoms with E-state index in [0.717, 1.165) is 18.3 Å². The number of carbonyl (C=O) groups is 1. The van der Waals surface area contributed by atoms with E-state index in [4.69, 9.17) is 5.11 Å². The van der Waals surface area contributed by atoms with E-state index >= 15 is 0 Å². The van der Waals surface area contributed by atoms with Gasteiger partial charge in [-0.15, -0.1) is 0 Å². The Morgan fingerprint density at radius 3 is 2.36 bits per heavy atom. The Morgan fingerprint density at radius 1 is 1.21 bits per heavy atom. The molecule has 3 fully saturated rings. The van der Waals surface area contributed by atoms with Gasteiger partial charge in [-0.3, -0.25) is 4.79 Å². The molecule has 0 radical (unpaired) electrons. The highest BCUT2D eigenvalue weighted by Crippen LogP contribution is 2.78. The van der Waals surface area contributed by atoms with Gasteiger partial charge in [-0.25, -0.2) is 0 Å². The zero-order chi connectivity index (χ0) is 10.3. The summed E-state index contributed by atoms with van der Waals surface area (Å²) in [4.78, 5) is 11.0. The van der Waals surface area contributed by atoms with Gasteiger partial charge in [-0.05, 0) is 41.4 Å². The highest BCUT2D eigenvalue weighted by Gasteiger charge is 2.75. The molecule has 3 rings (SSSR count). The second-order valence-electron chi connectivity index (χ2n) is 6.40. The first-order valence-corrected chi connectivity index (χ1v) is 5.62. The lowest BCUT2D eigenvalue weighted by molar-refractivity contribution is -0.139. The first-order valence-electron chi connectivity index (χ1n) is 5.62. The van der Waals surface area contributed by atoms with Crippen molar-refractivity contribution in [2.75, 3.05) is 0 Å². The van der Waals surface area contributed by atoms with Crippen LogP contribution in [0.2, 0.25) is 0 Å². The lowest BCUT2D eigenvalue weighted by Crippen LogP contribution is -2.10. The van der Waals surface area contributed by atoms with Crippen LogP contribution in [0.5, 0.6) is 0 Å². The first kappa shape index (κ1) is 8.75. The summed E-state index contributed by atoms with van der Waals surface area (Å²) in [7, 11) is 0. The SMILES string of the molecule is CC1(C)[C@@H]2CC3[C@@H](C(=O)O)[C@@]3(C)C[C@@H]21. The summed E-state index contributed by atoms with van der Waals surface area (Å²) in [6, 6.07) is 0. The Hall–Kier alpha value is -0.530. The molecule has 1 N–H and O–H groups in total. The van der Waals surface area contributed by atoms with Crippen molar-refractivity contribution in [3.05, 3.63) is 0 Å². The number of hydrogen-bond acceptors (Lipinski definition) is 1. The molecule has 0 spiro atoms. The second-order valence-corrected chi connectivity index (χ2v) is 6.40. The van der Waals surface area contributed by atoms with Crippen LogP contribution in [0.4, 0.5) is 0 Å². The van der Waals surface area contributed by atoms with Gasteiger partial charge in [-0.2, -0.15) is 0 Å². The smallest absolute Gasteiger partial charge is 0.307 e. The van der Waals surface area contributed by atoms with E-state index in [9.17, 15) is 4.79 Å². The van der Waals surface area contributed by atoms with E-state index in [1.165, 1.54) is 6.42 Å². The molecule has 78 valence electrons. The largest absolute Gasteiger partial charge is 0.481 e. The summed E-state index contributed by atoms with van der Waals surface area (Å²) in [6.07, 6.45) is 2.33. The van der Waals surface area contributed by atoms with Crippen LogP contribution in [0, 0.1) is 34.5 Å². The third-order valence-corrected chi connectivity index (χ3v) is 5.57. The van der Waals surface area contributed by atoms with E-state index in [-0.39, 0.29) is 11.3 Å². The highest BCUT2D eigenvalue weighted by atomic mass is 16.4. The minimum atomic E-state index is -0.559. The highest BCUT2D eigenvalue weighted by molar-refractivity contribution is 5.76. The standard InChI is InChI=1S/C12H18O2/c1-11(2)6-4-7-9(10(13)14)12(7,3)5-8(6)11/h6-9H,4-5H2,1-3H3,(H,13,14)/t6-,7?,8+,9+,12+/m1/s1. The van der Waals surface area contributed by atoms with Gasteiger partial charge in [0.25, 0.3) is 0 Å². The molecular weight excluding hydrogens is 176 g/mol. The molecule has 0 bridgehead atoms. The topological polar surface area (TPSA) is 37.3 Å². The van der Waals surface area contributed by atoms with Crippen molar-refractivity contribution < 1.29 is 9.90 Å². The molecule has 3 saturated carbocycles. The van der Waals surface area contributed by atoms with Gasteiger partial charge in [0.05, 0.1) is 5.92 Å². The van der Waals surface area contributed by atoms with Crippen molar-refractivity contribution in [3.63, 3.8) is 0 Å². The summed E-state index contributed by atoms with van der Waals surface area (Å²) in [5.41, 5.74) is 0.667. The molecule has 0 heterocycles. The summed E-state index contributed by atoms with van der Waals surface area (Å²) in [5.74, 6) is 1.55. The molecule has 0 aromatic rings. The van der Waals surface area contributed by atoms with Gasteiger partial charge >= 0.3 is 5.97 Å². The van der Waals surface area contributed by atoms with Crippen LogP contribution >= 0.6 is 0 Å². The Labute approximate surface area is 84.7 Å². The monoisotopic (exact) mass is 194 g/mol. The molecule has 5 atom stereocenters. The van der Waals surface area contributed by atoms with Gasteiger partial charge in [0.15, 0.2) is 0 Å². The Kier molecular flexibility index (Phi) is 1.27. The third-order valence-electron chi connectivity index (χ3n) is 5.57. The van der Waals surface area contributed by atoms with Gasteiger partial charge in [0.2, 0.25) is 0 Å². The number of fused-ring (bicyclic) bond motifs is 2. The fourth-order valence-corrected chi connectivity index (χ4v) is 4.28. The van der Waals surface area contributed by atoms with Crippen LogP contribution in [0.1, 0.15) is 33.6 Å². The lowest BCUT2D eigenvalue weighted by Gasteiger charge is -2.15. The number of carboxylic acids is 1. The second kappa shape index (κ2) is 2.02. The predicted molar refractivity (Wildman–Crippen MR) is 52.7 cm³/mol. The average Bonchev–Trinajstić information content (AvgIpc) is 2.81. The number of carboxylic acid groups (broad SMARTS) is 1. The molecule has 2 nitrogen and oxygen atoms in total. The molecule has 0 saturated heterocycles. The van der Waals surface area contributed by atoms with E-state index in [1.54, 1.807) is 0 Å². The molecule has 0 aromatic carbocycles. The maximum absolute atomic E-state index is 11.0. The first-order chi connectivity index (χ1) is 6.39. The zero-order valence-corrected chi connectivity index (χ0v) is 9.08. The van der Waals surface area contributed by atoms with Crippen LogP contribution in [0.25, 0.3) is 0 Å². The van der Waals surface area contributed by atoms with Crippen LogP contribution in [-0.2, 0) is 4.79 Å². The summed E-state index contributed by atoms with van der Waals surface area (Å²) in [6.45, 7) is 6.86. The molecule has 0 aromatic heterocycles. The Morgan fingerprint density at radius 2 is 1.86 bits per heavy atom. The minimum absolute atomic E-state index is 0.0221. The van der Waals surface area contributed by atoms with Crippen LogP contribution in [0.15, 0.2) is 0 Å². The fraction of sp³-hybridized carbons (Fsp3) is 0.917. The zero-order valence-electron chi connectivity index (χ0n) is 9.08. The van der Waals surface area contributed by atoms with Crippen LogP contribution < -0.4 is 0 Å². The van der Waals surface area contributed by atoms with Gasteiger partial charge in [-0.1, -0.05) is 20.8 Å². The lowest BCUT2D eigenvalue weighted by atomic mass is 9.90. The van der Waals surface area contributed by atoms with Crippen molar-refractivity contribution in [2.24, 2.45) is 34.5 Å².